The average molecular weight is 265 g/mol. The van der Waals surface area contributed by atoms with E-state index in [1.165, 1.54) is 3.57 Å². The summed E-state index contributed by atoms with van der Waals surface area (Å²) in [6.07, 6.45) is 0. The Morgan fingerprint density at radius 2 is 2.10 bits per heavy atom. The molecule has 0 aliphatic heterocycles. The lowest BCUT2D eigenvalue weighted by Gasteiger charge is -2.03. The molecule has 0 spiro atoms. The Morgan fingerprint density at radius 1 is 1.50 bits per heavy atom. The molecule has 0 bridgehead atoms. The van der Waals surface area contributed by atoms with E-state index in [-0.39, 0.29) is 0 Å². The average Bonchev–Trinajstić information content (AvgIpc) is 1.93. The predicted octanol–water partition coefficient (Wildman–Crippen LogP) is 2.47. The summed E-state index contributed by atoms with van der Waals surface area (Å²) < 4.78 is 1.21. The summed E-state index contributed by atoms with van der Waals surface area (Å²) in [5.74, 6) is 0. The third-order valence-corrected chi connectivity index (χ3v) is 3.16. The number of halogens is 1. The molecule has 0 saturated carbocycles. The first kappa shape index (κ1) is 8.20. The normalized spacial score (nSPS) is 9.90. The molecule has 0 fully saturated rings. The summed E-state index contributed by atoms with van der Waals surface area (Å²) in [6, 6.07) is 3.86. The van der Waals surface area contributed by atoms with Crippen LogP contribution in [0.4, 0.5) is 5.69 Å². The molecule has 0 unspecified atom stereocenters. The molecule has 1 nitrogen and oxygen atoms in total. The Labute approximate surface area is 79.6 Å². The van der Waals surface area contributed by atoms with Gasteiger partial charge >= 0.3 is 0 Å². The summed E-state index contributed by atoms with van der Waals surface area (Å²) in [5, 5.41) is 0. The molecular formula is C7H8INS. The molecule has 0 aliphatic carbocycles. The quantitative estimate of drug-likeness (QED) is 0.420. The van der Waals surface area contributed by atoms with Crippen LogP contribution in [0.15, 0.2) is 17.0 Å². The smallest absolute Gasteiger partial charge is 0.0453 e. The number of benzene rings is 1. The van der Waals surface area contributed by atoms with Crippen molar-refractivity contribution in [3.8, 4) is 0 Å². The van der Waals surface area contributed by atoms with E-state index in [2.05, 4.69) is 35.2 Å². The lowest BCUT2D eigenvalue weighted by atomic mass is 10.2. The van der Waals surface area contributed by atoms with Crippen molar-refractivity contribution < 1.29 is 0 Å². The van der Waals surface area contributed by atoms with Crippen molar-refractivity contribution in [2.45, 2.75) is 11.8 Å². The van der Waals surface area contributed by atoms with E-state index in [1.54, 1.807) is 0 Å². The van der Waals surface area contributed by atoms with Crippen molar-refractivity contribution in [2.24, 2.45) is 0 Å². The van der Waals surface area contributed by atoms with Crippen LogP contribution in [-0.2, 0) is 0 Å². The van der Waals surface area contributed by atoms with Gasteiger partial charge in [-0.15, -0.1) is 12.6 Å². The van der Waals surface area contributed by atoms with Gasteiger partial charge in [0.2, 0.25) is 0 Å². The highest BCUT2D eigenvalue weighted by atomic mass is 127. The van der Waals surface area contributed by atoms with E-state index in [0.717, 1.165) is 16.1 Å². The van der Waals surface area contributed by atoms with E-state index >= 15 is 0 Å². The standard InChI is InChI=1S/C7H8INS/c1-4-5(8)2-3-6(9)7(4)10/h2-3,10H,9H2,1H3. The lowest BCUT2D eigenvalue weighted by Crippen LogP contribution is -1.90. The van der Waals surface area contributed by atoms with E-state index in [9.17, 15) is 0 Å². The van der Waals surface area contributed by atoms with Gasteiger partial charge in [-0.25, -0.2) is 0 Å². The minimum Gasteiger partial charge on any atom is -0.398 e. The summed E-state index contributed by atoms with van der Waals surface area (Å²) in [6.45, 7) is 2.01. The molecule has 54 valence electrons. The number of nitrogens with two attached hydrogens (primary N) is 1. The molecule has 0 aliphatic rings. The van der Waals surface area contributed by atoms with Crippen LogP contribution in [0.5, 0.6) is 0 Å². The first-order valence-electron chi connectivity index (χ1n) is 2.86. The molecule has 0 atom stereocenters. The molecule has 1 aromatic carbocycles. The Hall–Kier alpha value is 0.1000. The van der Waals surface area contributed by atoms with Crippen molar-refractivity contribution in [3.63, 3.8) is 0 Å². The van der Waals surface area contributed by atoms with Crippen LogP contribution in [0.1, 0.15) is 5.56 Å². The van der Waals surface area contributed by atoms with Crippen LogP contribution in [-0.4, -0.2) is 0 Å². The van der Waals surface area contributed by atoms with Crippen LogP contribution in [0.3, 0.4) is 0 Å². The summed E-state index contributed by atoms with van der Waals surface area (Å²) in [5.41, 5.74) is 7.52. The highest BCUT2D eigenvalue weighted by molar-refractivity contribution is 14.1. The lowest BCUT2D eigenvalue weighted by molar-refractivity contribution is 1.29. The zero-order valence-electron chi connectivity index (χ0n) is 5.56. The van der Waals surface area contributed by atoms with Gasteiger partial charge in [-0.3, -0.25) is 0 Å². The highest BCUT2D eigenvalue weighted by Gasteiger charge is 2.00. The Balaban J connectivity index is 3.34. The number of hydrogen-bond acceptors (Lipinski definition) is 2. The maximum Gasteiger partial charge on any atom is 0.0453 e. The van der Waals surface area contributed by atoms with Gasteiger partial charge in [0.15, 0.2) is 0 Å². The summed E-state index contributed by atoms with van der Waals surface area (Å²) in [7, 11) is 0. The van der Waals surface area contributed by atoms with Crippen LogP contribution in [0.25, 0.3) is 0 Å². The highest BCUT2D eigenvalue weighted by Crippen LogP contribution is 2.24. The number of nitrogen functional groups attached to an aromatic ring is 1. The Morgan fingerprint density at radius 3 is 2.60 bits per heavy atom. The Kier molecular flexibility index (Phi) is 2.46. The fraction of sp³-hybridized carbons (Fsp3) is 0.143. The molecule has 1 aromatic rings. The molecule has 0 aromatic heterocycles. The minimum atomic E-state index is 0.751. The fourth-order valence-corrected chi connectivity index (χ4v) is 1.55. The first-order chi connectivity index (χ1) is 4.63. The van der Waals surface area contributed by atoms with E-state index in [1.807, 2.05) is 19.1 Å². The SMILES string of the molecule is Cc1c(I)ccc(N)c1S. The number of hydrogen-bond donors (Lipinski definition) is 2. The maximum absolute atomic E-state index is 5.61. The fourth-order valence-electron chi connectivity index (χ4n) is 0.696. The van der Waals surface area contributed by atoms with E-state index in [4.69, 9.17) is 5.73 Å². The molecular weight excluding hydrogens is 257 g/mol. The Bertz CT molecular complexity index is 233. The van der Waals surface area contributed by atoms with Crippen LogP contribution in [0.2, 0.25) is 0 Å². The van der Waals surface area contributed by atoms with Crippen LogP contribution < -0.4 is 5.73 Å². The van der Waals surface area contributed by atoms with E-state index in [0.29, 0.717) is 0 Å². The monoisotopic (exact) mass is 265 g/mol. The molecule has 0 radical (unpaired) electrons. The van der Waals surface area contributed by atoms with Crippen molar-refractivity contribution in [1.29, 1.82) is 0 Å². The first-order valence-corrected chi connectivity index (χ1v) is 4.39. The van der Waals surface area contributed by atoms with Gasteiger partial charge in [0.1, 0.15) is 0 Å². The van der Waals surface area contributed by atoms with E-state index < -0.39 is 0 Å². The third-order valence-electron chi connectivity index (χ3n) is 1.40. The molecule has 10 heavy (non-hydrogen) atoms. The van der Waals surface area contributed by atoms with Crippen molar-refractivity contribution >= 4 is 40.9 Å². The minimum absolute atomic E-state index is 0.751. The van der Waals surface area contributed by atoms with Gasteiger partial charge in [0.25, 0.3) is 0 Å². The van der Waals surface area contributed by atoms with Crippen molar-refractivity contribution in [1.82, 2.24) is 0 Å². The van der Waals surface area contributed by atoms with Gasteiger partial charge in [-0.2, -0.15) is 0 Å². The second-order valence-electron chi connectivity index (χ2n) is 2.11. The molecule has 0 amide bonds. The van der Waals surface area contributed by atoms with Crippen molar-refractivity contribution in [2.75, 3.05) is 5.73 Å². The number of thiol groups is 1. The second-order valence-corrected chi connectivity index (χ2v) is 3.72. The summed E-state index contributed by atoms with van der Waals surface area (Å²) >= 11 is 6.51. The molecule has 3 heteroatoms. The van der Waals surface area contributed by atoms with Gasteiger partial charge in [0, 0.05) is 14.2 Å². The largest absolute Gasteiger partial charge is 0.398 e. The van der Waals surface area contributed by atoms with Gasteiger partial charge in [0.05, 0.1) is 0 Å². The molecule has 2 N–H and O–H groups in total. The third kappa shape index (κ3) is 1.40. The zero-order valence-corrected chi connectivity index (χ0v) is 8.61. The van der Waals surface area contributed by atoms with Crippen molar-refractivity contribution in [3.05, 3.63) is 21.3 Å². The number of rotatable bonds is 0. The maximum atomic E-state index is 5.61. The van der Waals surface area contributed by atoms with Gasteiger partial charge in [-0.05, 0) is 47.2 Å². The topological polar surface area (TPSA) is 26.0 Å². The van der Waals surface area contributed by atoms with Gasteiger partial charge in [-0.1, -0.05) is 0 Å². The van der Waals surface area contributed by atoms with Crippen LogP contribution >= 0.6 is 35.2 Å². The second kappa shape index (κ2) is 3.00. The van der Waals surface area contributed by atoms with Gasteiger partial charge < -0.3 is 5.73 Å². The molecule has 1 rings (SSSR count). The van der Waals surface area contributed by atoms with Crippen LogP contribution in [0, 0.1) is 10.5 Å². The predicted molar refractivity (Wildman–Crippen MR) is 55.6 cm³/mol. The summed E-state index contributed by atoms with van der Waals surface area (Å²) in [4.78, 5) is 0.895. The zero-order chi connectivity index (χ0) is 7.72. The number of anilines is 1. The molecule has 0 saturated heterocycles. The molecule has 0 heterocycles.